The van der Waals surface area contributed by atoms with Gasteiger partial charge in [-0.15, -0.1) is 0 Å². The molecule has 0 aliphatic carbocycles. The molecule has 0 amide bonds. The van der Waals surface area contributed by atoms with Crippen LogP contribution < -0.4 is 5.32 Å². The molecule has 1 N–H and O–H groups in total. The van der Waals surface area contributed by atoms with Crippen LogP contribution in [0.2, 0.25) is 0 Å². The molecule has 0 spiro atoms. The fourth-order valence-corrected chi connectivity index (χ4v) is 2.20. The minimum absolute atomic E-state index is 0.360. The third kappa shape index (κ3) is 5.53. The van der Waals surface area contributed by atoms with Crippen molar-refractivity contribution < 1.29 is 0 Å². The lowest BCUT2D eigenvalue weighted by Gasteiger charge is -2.37. The molecule has 106 valence electrons. The molecule has 1 aliphatic rings. The van der Waals surface area contributed by atoms with Crippen LogP contribution in [0.25, 0.3) is 0 Å². The van der Waals surface area contributed by atoms with E-state index >= 15 is 0 Å². The lowest BCUT2D eigenvalue weighted by atomic mass is 9.87. The Kier molecular flexibility index (Phi) is 5.87. The zero-order chi connectivity index (χ0) is 13.8. The van der Waals surface area contributed by atoms with E-state index in [1.165, 1.54) is 31.5 Å². The molecule has 1 unspecified atom stereocenters. The van der Waals surface area contributed by atoms with Crippen molar-refractivity contribution in [2.45, 2.75) is 66.5 Å². The molecule has 0 radical (unpaired) electrons. The average molecular weight is 252 g/mol. The van der Waals surface area contributed by atoms with E-state index in [0.29, 0.717) is 17.5 Å². The Hall–Kier alpha value is -0.340. The Bertz CT molecular complexity index is 263. The molecule has 2 nitrogen and oxygen atoms in total. The van der Waals surface area contributed by atoms with Crippen LogP contribution in [0.1, 0.15) is 54.4 Å². The highest BCUT2D eigenvalue weighted by Crippen LogP contribution is 2.21. The van der Waals surface area contributed by atoms with Crippen molar-refractivity contribution in [2.24, 2.45) is 5.41 Å². The van der Waals surface area contributed by atoms with Gasteiger partial charge in [0, 0.05) is 18.6 Å². The zero-order valence-electron chi connectivity index (χ0n) is 13.2. The predicted octanol–water partition coefficient (Wildman–Crippen LogP) is 3.44. The summed E-state index contributed by atoms with van der Waals surface area (Å²) in [5, 5.41) is 3.80. The maximum absolute atomic E-state index is 3.80. The maximum atomic E-state index is 3.80. The fraction of sp³-hybridized carbons (Fsp3) is 0.875. The van der Waals surface area contributed by atoms with Crippen LogP contribution in [0.3, 0.4) is 0 Å². The van der Waals surface area contributed by atoms with Crippen molar-refractivity contribution >= 4 is 0 Å². The lowest BCUT2D eigenvalue weighted by molar-refractivity contribution is 0.182. The number of nitrogens with zero attached hydrogens (tertiary/aromatic N) is 1. The fourth-order valence-electron chi connectivity index (χ4n) is 2.20. The minimum Gasteiger partial charge on any atom is -0.311 e. The first-order chi connectivity index (χ1) is 8.29. The number of likely N-dealkylation sites (tertiary alicyclic amines) is 1. The SMILES string of the molecule is CC(C)=CCN1CCC(NC(C)C(C)(C)C)CC1. The van der Waals surface area contributed by atoms with E-state index in [9.17, 15) is 0 Å². The molecular weight excluding hydrogens is 220 g/mol. The lowest BCUT2D eigenvalue weighted by Crippen LogP contribution is -2.49. The van der Waals surface area contributed by atoms with Gasteiger partial charge in [-0.05, 0) is 52.1 Å². The second-order valence-electron chi connectivity index (χ2n) is 7.11. The van der Waals surface area contributed by atoms with Gasteiger partial charge in [0.1, 0.15) is 0 Å². The summed E-state index contributed by atoms with van der Waals surface area (Å²) in [7, 11) is 0. The molecule has 1 rings (SSSR count). The number of allylic oxidation sites excluding steroid dienone is 1. The Morgan fingerprint density at radius 3 is 2.28 bits per heavy atom. The molecule has 1 atom stereocenters. The highest BCUT2D eigenvalue weighted by atomic mass is 15.1. The Morgan fingerprint density at radius 2 is 1.83 bits per heavy atom. The first-order valence-electron chi connectivity index (χ1n) is 7.41. The van der Waals surface area contributed by atoms with Gasteiger partial charge < -0.3 is 5.32 Å². The van der Waals surface area contributed by atoms with Gasteiger partial charge in [-0.25, -0.2) is 0 Å². The van der Waals surface area contributed by atoms with Crippen LogP contribution in [0.5, 0.6) is 0 Å². The monoisotopic (exact) mass is 252 g/mol. The molecule has 18 heavy (non-hydrogen) atoms. The van der Waals surface area contributed by atoms with Gasteiger partial charge in [0.2, 0.25) is 0 Å². The second-order valence-corrected chi connectivity index (χ2v) is 7.11. The molecule has 1 fully saturated rings. The Labute approximate surface area is 114 Å². The topological polar surface area (TPSA) is 15.3 Å². The summed E-state index contributed by atoms with van der Waals surface area (Å²) in [6.07, 6.45) is 4.92. The van der Waals surface area contributed by atoms with Gasteiger partial charge in [-0.3, -0.25) is 4.90 Å². The first kappa shape index (κ1) is 15.7. The van der Waals surface area contributed by atoms with Crippen molar-refractivity contribution in [2.75, 3.05) is 19.6 Å². The minimum atomic E-state index is 0.360. The normalized spacial score (nSPS) is 20.8. The molecule has 1 aliphatic heterocycles. The van der Waals surface area contributed by atoms with Crippen LogP contribution in [0.15, 0.2) is 11.6 Å². The van der Waals surface area contributed by atoms with Crippen molar-refractivity contribution in [3.63, 3.8) is 0 Å². The second kappa shape index (κ2) is 6.72. The highest BCUT2D eigenvalue weighted by Gasteiger charge is 2.25. The van der Waals surface area contributed by atoms with Gasteiger partial charge in [-0.1, -0.05) is 32.4 Å². The van der Waals surface area contributed by atoms with Crippen molar-refractivity contribution in [1.82, 2.24) is 10.2 Å². The standard InChI is InChI=1S/C16H32N2/c1-13(2)7-10-18-11-8-15(9-12-18)17-14(3)16(4,5)6/h7,14-15,17H,8-12H2,1-6H3. The summed E-state index contributed by atoms with van der Waals surface area (Å²) >= 11 is 0. The smallest absolute Gasteiger partial charge is 0.0165 e. The number of hydrogen-bond acceptors (Lipinski definition) is 2. The summed E-state index contributed by atoms with van der Waals surface area (Å²) in [5.41, 5.74) is 1.79. The summed E-state index contributed by atoms with van der Waals surface area (Å²) in [6, 6.07) is 1.30. The zero-order valence-corrected chi connectivity index (χ0v) is 13.2. The molecule has 0 saturated carbocycles. The Morgan fingerprint density at radius 1 is 1.28 bits per heavy atom. The Balaban J connectivity index is 2.29. The van der Waals surface area contributed by atoms with Crippen LogP contribution >= 0.6 is 0 Å². The average Bonchev–Trinajstić information content (AvgIpc) is 2.26. The van der Waals surface area contributed by atoms with Gasteiger partial charge in [0.25, 0.3) is 0 Å². The van der Waals surface area contributed by atoms with Gasteiger partial charge in [-0.2, -0.15) is 0 Å². The van der Waals surface area contributed by atoms with Gasteiger partial charge in [0.05, 0.1) is 0 Å². The van der Waals surface area contributed by atoms with E-state index in [1.807, 2.05) is 0 Å². The first-order valence-corrected chi connectivity index (χ1v) is 7.41. The molecule has 0 aromatic heterocycles. The van der Waals surface area contributed by atoms with E-state index < -0.39 is 0 Å². The molecule has 0 aromatic rings. The summed E-state index contributed by atoms with van der Waals surface area (Å²) < 4.78 is 0. The molecule has 0 bridgehead atoms. The van der Waals surface area contributed by atoms with Crippen LogP contribution in [0, 0.1) is 5.41 Å². The van der Waals surface area contributed by atoms with E-state index in [2.05, 4.69) is 57.8 Å². The largest absolute Gasteiger partial charge is 0.311 e. The van der Waals surface area contributed by atoms with E-state index in [0.717, 1.165) is 6.54 Å². The van der Waals surface area contributed by atoms with E-state index in [-0.39, 0.29) is 0 Å². The number of nitrogens with one attached hydrogen (secondary N) is 1. The van der Waals surface area contributed by atoms with Crippen LogP contribution in [-0.4, -0.2) is 36.6 Å². The summed E-state index contributed by atoms with van der Waals surface area (Å²) in [5.74, 6) is 0. The van der Waals surface area contributed by atoms with Gasteiger partial charge >= 0.3 is 0 Å². The molecule has 0 aromatic carbocycles. The highest BCUT2D eigenvalue weighted by molar-refractivity contribution is 4.96. The summed E-state index contributed by atoms with van der Waals surface area (Å²) in [4.78, 5) is 2.56. The van der Waals surface area contributed by atoms with Crippen LogP contribution in [0.4, 0.5) is 0 Å². The van der Waals surface area contributed by atoms with Crippen LogP contribution in [-0.2, 0) is 0 Å². The van der Waals surface area contributed by atoms with Crippen molar-refractivity contribution in [1.29, 1.82) is 0 Å². The molecular formula is C16H32N2. The quantitative estimate of drug-likeness (QED) is 0.771. The maximum Gasteiger partial charge on any atom is 0.0165 e. The molecule has 1 saturated heterocycles. The summed E-state index contributed by atoms with van der Waals surface area (Å²) in [6.45, 7) is 17.2. The predicted molar refractivity (Wildman–Crippen MR) is 80.9 cm³/mol. The third-order valence-electron chi connectivity index (χ3n) is 4.13. The van der Waals surface area contributed by atoms with Crippen molar-refractivity contribution in [3.05, 3.63) is 11.6 Å². The third-order valence-corrected chi connectivity index (χ3v) is 4.13. The van der Waals surface area contributed by atoms with E-state index in [4.69, 9.17) is 0 Å². The molecule has 1 heterocycles. The number of hydrogen-bond donors (Lipinski definition) is 1. The van der Waals surface area contributed by atoms with Gasteiger partial charge in [0.15, 0.2) is 0 Å². The molecule has 2 heteroatoms. The van der Waals surface area contributed by atoms with Crippen molar-refractivity contribution in [3.8, 4) is 0 Å². The number of piperidine rings is 1. The van der Waals surface area contributed by atoms with E-state index in [1.54, 1.807) is 0 Å². The number of rotatable bonds is 4.